The molecule has 0 aliphatic heterocycles. The molecule has 0 saturated carbocycles. The van der Waals surface area contributed by atoms with Gasteiger partial charge in [0, 0.05) is 14.2 Å². The molecule has 0 radical (unpaired) electrons. The molecule has 2 atom stereocenters. The van der Waals surface area contributed by atoms with Crippen LogP contribution in [-0.2, 0) is 42.7 Å². The molecule has 0 N–H and O–H groups in total. The van der Waals surface area contributed by atoms with Gasteiger partial charge in [0.1, 0.15) is 6.61 Å². The number of unbranched alkanes of at least 4 members (excludes halogenated alkanes) is 14. The van der Waals surface area contributed by atoms with E-state index in [1.165, 1.54) is 83.5 Å². The number of rotatable bonds is 32. The predicted octanol–water partition coefficient (Wildman–Crippen LogP) is 7.36. The van der Waals surface area contributed by atoms with E-state index in [2.05, 4.69) is 11.1 Å². The highest BCUT2D eigenvalue weighted by molar-refractivity contribution is 7.85. The van der Waals surface area contributed by atoms with Crippen molar-refractivity contribution in [2.24, 2.45) is 0 Å². The predicted molar refractivity (Wildman–Crippen MR) is 164 cm³/mol. The Labute approximate surface area is 252 Å². The van der Waals surface area contributed by atoms with E-state index < -0.39 is 28.5 Å². The summed E-state index contributed by atoms with van der Waals surface area (Å²) in [6.45, 7) is 7.11. The molecule has 0 rings (SSSR count). The molecule has 2 unspecified atom stereocenters. The fourth-order valence-corrected chi connectivity index (χ4v) is 4.70. The van der Waals surface area contributed by atoms with Crippen LogP contribution in [-0.4, -0.2) is 80.3 Å². The van der Waals surface area contributed by atoms with Crippen molar-refractivity contribution >= 4 is 10.1 Å². The largest absolute Gasteiger partial charge is 0.377 e. The molecule has 0 aromatic carbocycles. The van der Waals surface area contributed by atoms with E-state index in [0.717, 1.165) is 25.5 Å². The molecule has 10 heteroatoms. The zero-order chi connectivity index (χ0) is 30.7. The second-order valence-electron chi connectivity index (χ2n) is 11.0. The second kappa shape index (κ2) is 27.2. The summed E-state index contributed by atoms with van der Waals surface area (Å²) in [6.07, 6.45) is 21.4. The zero-order valence-corrected chi connectivity index (χ0v) is 28.1. The molecule has 0 bridgehead atoms. The third-order valence-electron chi connectivity index (χ3n) is 7.13. The van der Waals surface area contributed by atoms with Gasteiger partial charge in [-0.1, -0.05) is 104 Å². The van der Waals surface area contributed by atoms with Gasteiger partial charge in [-0.15, -0.1) is 0 Å². The topological polar surface area (TPSA) is 98.8 Å². The summed E-state index contributed by atoms with van der Waals surface area (Å²) in [5.74, 6) is -0.846. The van der Waals surface area contributed by atoms with Gasteiger partial charge in [0.15, 0.2) is 18.4 Å². The Balaban J connectivity index is 4.21. The van der Waals surface area contributed by atoms with Crippen LogP contribution in [0.2, 0.25) is 0 Å². The van der Waals surface area contributed by atoms with Crippen LogP contribution in [0.4, 0.5) is 0 Å². The molecule has 0 aromatic heterocycles. The van der Waals surface area contributed by atoms with Gasteiger partial charge in [0.05, 0.1) is 32.7 Å². The molecular formula is C31H64O9S. The molecule has 0 aliphatic carbocycles. The normalized spacial score (nSPS) is 14.0. The van der Waals surface area contributed by atoms with Crippen LogP contribution in [0.15, 0.2) is 0 Å². The summed E-state index contributed by atoms with van der Waals surface area (Å²) >= 11 is 0. The summed E-state index contributed by atoms with van der Waals surface area (Å²) < 4.78 is 60.9. The van der Waals surface area contributed by atoms with Crippen LogP contribution in [0.5, 0.6) is 0 Å². The Morgan fingerprint density at radius 3 is 1.59 bits per heavy atom. The summed E-state index contributed by atoms with van der Waals surface area (Å²) in [6, 6.07) is 0. The van der Waals surface area contributed by atoms with Crippen LogP contribution in [0.25, 0.3) is 0 Å². The van der Waals surface area contributed by atoms with Crippen LogP contribution in [0, 0.1) is 0 Å². The average Bonchev–Trinajstić information content (AvgIpc) is 2.95. The number of ether oxygens (including phenoxy) is 6. The van der Waals surface area contributed by atoms with Gasteiger partial charge in [-0.25, -0.2) is 0 Å². The Kier molecular flexibility index (Phi) is 27.0. The summed E-state index contributed by atoms with van der Waals surface area (Å²) in [4.78, 5) is 0. The van der Waals surface area contributed by atoms with Gasteiger partial charge < -0.3 is 28.4 Å². The molecule has 0 spiro atoms. The van der Waals surface area contributed by atoms with Gasteiger partial charge in [-0.2, -0.15) is 8.42 Å². The first-order valence-corrected chi connectivity index (χ1v) is 17.9. The minimum Gasteiger partial charge on any atom is -0.377 e. The molecule has 9 nitrogen and oxygen atoms in total. The molecule has 0 amide bonds. The Morgan fingerprint density at radius 2 is 1.12 bits per heavy atom. The maximum atomic E-state index is 11.0. The van der Waals surface area contributed by atoms with Crippen molar-refractivity contribution < 1.29 is 41.0 Å². The highest BCUT2D eigenvalue weighted by Crippen LogP contribution is 2.19. The summed E-state index contributed by atoms with van der Waals surface area (Å²) in [5, 5.41) is 0. The van der Waals surface area contributed by atoms with Crippen molar-refractivity contribution in [1.82, 2.24) is 0 Å². The van der Waals surface area contributed by atoms with E-state index >= 15 is 0 Å². The molecule has 0 fully saturated rings. The highest BCUT2D eigenvalue weighted by Gasteiger charge is 2.26. The minimum atomic E-state index is -3.45. The third-order valence-corrected chi connectivity index (χ3v) is 7.73. The van der Waals surface area contributed by atoms with Crippen molar-refractivity contribution in [3.63, 3.8) is 0 Å². The lowest BCUT2D eigenvalue weighted by atomic mass is 10.0. The lowest BCUT2D eigenvalue weighted by Gasteiger charge is -2.30. The maximum absolute atomic E-state index is 11.0. The fourth-order valence-electron chi connectivity index (χ4n) is 4.33. The number of methoxy groups -OCH3 is 2. The maximum Gasteiger partial charge on any atom is 0.264 e. The first kappa shape index (κ1) is 40.7. The van der Waals surface area contributed by atoms with E-state index in [1.54, 1.807) is 14.2 Å². The van der Waals surface area contributed by atoms with E-state index in [1.807, 2.05) is 13.8 Å². The van der Waals surface area contributed by atoms with Gasteiger partial charge >= 0.3 is 0 Å². The Morgan fingerprint density at radius 1 is 0.634 bits per heavy atom. The molecule has 0 saturated heterocycles. The van der Waals surface area contributed by atoms with E-state index in [9.17, 15) is 8.42 Å². The summed E-state index contributed by atoms with van der Waals surface area (Å²) in [7, 11) is -0.267. The molecule has 0 aliphatic rings. The fraction of sp³-hybridized carbons (Fsp3) is 1.00. The average molecular weight is 613 g/mol. The molecule has 41 heavy (non-hydrogen) atoms. The van der Waals surface area contributed by atoms with Crippen LogP contribution < -0.4 is 0 Å². The highest BCUT2D eigenvalue weighted by atomic mass is 32.2. The number of hydrogen-bond donors (Lipinski definition) is 0. The van der Waals surface area contributed by atoms with E-state index in [4.69, 9.17) is 28.4 Å². The van der Waals surface area contributed by atoms with E-state index in [-0.39, 0.29) is 19.8 Å². The lowest BCUT2D eigenvalue weighted by Crippen LogP contribution is -2.38. The zero-order valence-electron chi connectivity index (χ0n) is 27.3. The Hall–Kier alpha value is -0.330. The van der Waals surface area contributed by atoms with Crippen LogP contribution in [0.1, 0.15) is 130 Å². The van der Waals surface area contributed by atoms with Crippen molar-refractivity contribution in [1.29, 1.82) is 0 Å². The molecule has 0 aromatic rings. The third kappa shape index (κ3) is 27.0. The van der Waals surface area contributed by atoms with E-state index in [0.29, 0.717) is 19.6 Å². The quantitative estimate of drug-likeness (QED) is 0.0438. The van der Waals surface area contributed by atoms with Gasteiger partial charge in [0.25, 0.3) is 10.1 Å². The van der Waals surface area contributed by atoms with Gasteiger partial charge in [0.2, 0.25) is 0 Å². The SMILES string of the molecule is CCCCCCCCCCCCCCCCCC(OCC(C)(OC)OC)OC(CC)OCCOCCOS(C)(=O)=O. The van der Waals surface area contributed by atoms with Crippen molar-refractivity contribution in [2.45, 2.75) is 148 Å². The minimum absolute atomic E-state index is 0.0144. The van der Waals surface area contributed by atoms with Crippen molar-refractivity contribution in [2.75, 3.05) is 53.5 Å². The standard InChI is InChI=1S/C31H64O9S/c1-7-9-10-11-12-13-14-15-16-17-18-19-20-21-22-23-30(38-28-31(3,34-4)35-5)40-29(8-2)37-26-24-36-25-27-39-41(6,32)33/h29-30H,7-28H2,1-6H3. The van der Waals surface area contributed by atoms with Crippen LogP contribution in [0.3, 0.4) is 0 Å². The van der Waals surface area contributed by atoms with Crippen LogP contribution >= 0.6 is 0 Å². The van der Waals surface area contributed by atoms with Crippen molar-refractivity contribution in [3.05, 3.63) is 0 Å². The molecule has 0 heterocycles. The smallest absolute Gasteiger partial charge is 0.264 e. The molecular weight excluding hydrogens is 548 g/mol. The van der Waals surface area contributed by atoms with Crippen molar-refractivity contribution in [3.8, 4) is 0 Å². The molecule has 248 valence electrons. The lowest BCUT2D eigenvalue weighted by molar-refractivity contribution is -0.289. The first-order chi connectivity index (χ1) is 19.7. The van der Waals surface area contributed by atoms with Gasteiger partial charge in [-0.05, 0) is 26.2 Å². The monoisotopic (exact) mass is 612 g/mol. The second-order valence-corrected chi connectivity index (χ2v) is 12.6. The van der Waals surface area contributed by atoms with Gasteiger partial charge in [-0.3, -0.25) is 4.18 Å². The Bertz CT molecular complexity index is 656. The summed E-state index contributed by atoms with van der Waals surface area (Å²) in [5.41, 5.74) is 0. The first-order valence-electron chi connectivity index (χ1n) is 16.1. The number of hydrogen-bond acceptors (Lipinski definition) is 9.